The van der Waals surface area contributed by atoms with Gasteiger partial charge in [-0.25, -0.2) is 4.79 Å². The second-order valence-electron chi connectivity index (χ2n) is 6.60. The van der Waals surface area contributed by atoms with Crippen LogP contribution in [0.1, 0.15) is 51.9 Å². The number of nitrogens with zero attached hydrogens (tertiary/aromatic N) is 1. The molecule has 0 atom stereocenters. The van der Waals surface area contributed by atoms with E-state index in [2.05, 4.69) is 17.1 Å². The van der Waals surface area contributed by atoms with Crippen molar-refractivity contribution in [2.75, 3.05) is 38.2 Å². The summed E-state index contributed by atoms with van der Waals surface area (Å²) in [5.41, 5.74) is 0.703. The van der Waals surface area contributed by atoms with Gasteiger partial charge in [0.05, 0.1) is 6.61 Å². The van der Waals surface area contributed by atoms with E-state index >= 15 is 0 Å². The van der Waals surface area contributed by atoms with Crippen LogP contribution in [-0.4, -0.2) is 43.8 Å². The van der Waals surface area contributed by atoms with Crippen LogP contribution in [0.5, 0.6) is 5.75 Å². The highest BCUT2D eigenvalue weighted by atomic mass is 35.5. The Balaban J connectivity index is 0.00000338. The predicted octanol–water partition coefficient (Wildman–Crippen LogP) is 5.10. The summed E-state index contributed by atoms with van der Waals surface area (Å²) in [4.78, 5) is 14.2. The van der Waals surface area contributed by atoms with Crippen molar-refractivity contribution in [2.24, 2.45) is 0 Å². The highest BCUT2D eigenvalue weighted by Crippen LogP contribution is 2.18. The van der Waals surface area contributed by atoms with Crippen LogP contribution in [-0.2, 0) is 4.74 Å². The van der Waals surface area contributed by atoms with E-state index in [-0.39, 0.29) is 12.4 Å². The van der Waals surface area contributed by atoms with Crippen molar-refractivity contribution < 1.29 is 14.3 Å². The highest BCUT2D eigenvalue weighted by molar-refractivity contribution is 5.85. The van der Waals surface area contributed by atoms with Crippen LogP contribution in [0.2, 0.25) is 0 Å². The molecule has 1 aromatic carbocycles. The van der Waals surface area contributed by atoms with Gasteiger partial charge in [0.25, 0.3) is 0 Å². The zero-order valence-electron chi connectivity index (χ0n) is 15.9. The van der Waals surface area contributed by atoms with E-state index in [1.807, 2.05) is 24.3 Å². The maximum atomic E-state index is 11.9. The minimum absolute atomic E-state index is 0. The van der Waals surface area contributed by atoms with Crippen LogP contribution in [0.15, 0.2) is 24.3 Å². The van der Waals surface area contributed by atoms with Gasteiger partial charge < -0.3 is 9.47 Å². The lowest BCUT2D eigenvalue weighted by molar-refractivity contribution is 0.146. The number of carbonyl (C=O) groups excluding carboxylic acids is 1. The molecule has 6 heteroatoms. The Kier molecular flexibility index (Phi) is 11.9. The third-order valence-electron chi connectivity index (χ3n) is 4.44. The average molecular weight is 385 g/mol. The number of nitrogens with one attached hydrogen (secondary N) is 1. The fourth-order valence-corrected chi connectivity index (χ4v) is 2.99. The van der Waals surface area contributed by atoms with Crippen LogP contribution in [0.4, 0.5) is 10.5 Å². The SMILES string of the molecule is CCCCCCCOc1cccc(NC(=O)OCCN2CCCC2)c1.Cl. The zero-order chi connectivity index (χ0) is 17.7. The van der Waals surface area contributed by atoms with Crippen molar-refractivity contribution in [2.45, 2.75) is 51.9 Å². The lowest BCUT2D eigenvalue weighted by Crippen LogP contribution is -2.26. The molecule has 2 rings (SSSR count). The van der Waals surface area contributed by atoms with Crippen LogP contribution in [0, 0.1) is 0 Å². The van der Waals surface area contributed by atoms with Crippen LogP contribution in [0.3, 0.4) is 0 Å². The van der Waals surface area contributed by atoms with E-state index in [0.29, 0.717) is 18.9 Å². The van der Waals surface area contributed by atoms with E-state index in [0.717, 1.165) is 31.8 Å². The molecule has 148 valence electrons. The summed E-state index contributed by atoms with van der Waals surface area (Å²) < 4.78 is 11.0. The molecule has 0 aromatic heterocycles. The first kappa shape index (κ1) is 22.6. The summed E-state index contributed by atoms with van der Waals surface area (Å²) in [7, 11) is 0. The Labute approximate surface area is 163 Å². The number of anilines is 1. The summed E-state index contributed by atoms with van der Waals surface area (Å²) in [5.74, 6) is 0.783. The molecular weight excluding hydrogens is 352 g/mol. The lowest BCUT2D eigenvalue weighted by Gasteiger charge is -2.14. The van der Waals surface area contributed by atoms with E-state index in [1.54, 1.807) is 0 Å². The van der Waals surface area contributed by atoms with Gasteiger partial charge in [0.2, 0.25) is 0 Å². The smallest absolute Gasteiger partial charge is 0.411 e. The van der Waals surface area contributed by atoms with Crippen molar-refractivity contribution in [1.82, 2.24) is 4.90 Å². The molecule has 1 heterocycles. The Morgan fingerprint density at radius 3 is 2.65 bits per heavy atom. The Bertz CT molecular complexity index is 508. The molecular formula is C20H33ClN2O3. The van der Waals surface area contributed by atoms with Crippen LogP contribution < -0.4 is 10.1 Å². The Hall–Kier alpha value is -1.46. The molecule has 1 aromatic rings. The van der Waals surface area contributed by atoms with E-state index in [4.69, 9.17) is 9.47 Å². The minimum atomic E-state index is -0.407. The molecule has 0 spiro atoms. The van der Waals surface area contributed by atoms with Crippen molar-refractivity contribution >= 4 is 24.2 Å². The molecule has 0 unspecified atom stereocenters. The first-order valence-corrected chi connectivity index (χ1v) is 9.67. The lowest BCUT2D eigenvalue weighted by atomic mass is 10.2. The average Bonchev–Trinajstić information content (AvgIpc) is 3.12. The summed E-state index contributed by atoms with van der Waals surface area (Å²) in [6.07, 6.45) is 8.17. The number of likely N-dealkylation sites (tertiary alicyclic amines) is 1. The summed E-state index contributed by atoms with van der Waals surface area (Å²) in [5, 5.41) is 2.77. The van der Waals surface area contributed by atoms with Gasteiger partial charge >= 0.3 is 6.09 Å². The molecule has 0 aliphatic carbocycles. The molecule has 5 nitrogen and oxygen atoms in total. The van der Waals surface area contributed by atoms with Gasteiger partial charge in [-0.05, 0) is 44.5 Å². The van der Waals surface area contributed by atoms with E-state index in [9.17, 15) is 4.79 Å². The molecule has 0 radical (unpaired) electrons. The number of hydrogen-bond acceptors (Lipinski definition) is 4. The molecule has 1 N–H and O–H groups in total. The van der Waals surface area contributed by atoms with Crippen molar-refractivity contribution in [3.63, 3.8) is 0 Å². The maximum absolute atomic E-state index is 11.9. The standard InChI is InChI=1S/C20H32N2O3.ClH/c1-2-3-4-5-8-15-24-19-11-9-10-18(17-19)21-20(23)25-16-14-22-12-6-7-13-22;/h9-11,17H,2-8,12-16H2,1H3,(H,21,23);1H. The summed E-state index contributed by atoms with van der Waals surface area (Å²) >= 11 is 0. The number of benzene rings is 1. The molecule has 1 fully saturated rings. The van der Waals surface area contributed by atoms with Gasteiger partial charge in [-0.2, -0.15) is 0 Å². The predicted molar refractivity (Wildman–Crippen MR) is 109 cm³/mol. The summed E-state index contributed by atoms with van der Waals surface area (Å²) in [6, 6.07) is 7.48. The monoisotopic (exact) mass is 384 g/mol. The fourth-order valence-electron chi connectivity index (χ4n) is 2.99. The molecule has 1 saturated heterocycles. The quantitative estimate of drug-likeness (QED) is 0.539. The molecule has 1 amide bonds. The molecule has 1 aliphatic rings. The third-order valence-corrected chi connectivity index (χ3v) is 4.44. The topological polar surface area (TPSA) is 50.8 Å². The van der Waals surface area contributed by atoms with Gasteiger partial charge in [0.1, 0.15) is 12.4 Å². The fraction of sp³-hybridized carbons (Fsp3) is 0.650. The van der Waals surface area contributed by atoms with Gasteiger partial charge in [-0.15, -0.1) is 12.4 Å². The van der Waals surface area contributed by atoms with Gasteiger partial charge in [0.15, 0.2) is 0 Å². The van der Waals surface area contributed by atoms with Gasteiger partial charge in [0, 0.05) is 18.3 Å². The maximum Gasteiger partial charge on any atom is 0.411 e. The number of amides is 1. The summed E-state index contributed by atoms with van der Waals surface area (Å²) in [6.45, 7) is 6.40. The van der Waals surface area contributed by atoms with Gasteiger partial charge in [-0.3, -0.25) is 10.2 Å². The number of halogens is 1. The third kappa shape index (κ3) is 9.30. The minimum Gasteiger partial charge on any atom is -0.494 e. The van der Waals surface area contributed by atoms with E-state index < -0.39 is 6.09 Å². The number of carbonyl (C=O) groups is 1. The number of ether oxygens (including phenoxy) is 2. The highest BCUT2D eigenvalue weighted by Gasteiger charge is 2.12. The number of unbranched alkanes of at least 4 members (excludes halogenated alkanes) is 4. The molecule has 26 heavy (non-hydrogen) atoms. The first-order valence-electron chi connectivity index (χ1n) is 9.67. The Morgan fingerprint density at radius 2 is 1.88 bits per heavy atom. The largest absolute Gasteiger partial charge is 0.494 e. The number of rotatable bonds is 11. The second kappa shape index (κ2) is 13.7. The van der Waals surface area contributed by atoms with Crippen LogP contribution in [0.25, 0.3) is 0 Å². The number of hydrogen-bond donors (Lipinski definition) is 1. The molecule has 1 aliphatic heterocycles. The Morgan fingerprint density at radius 1 is 1.12 bits per heavy atom. The van der Waals surface area contributed by atoms with E-state index in [1.165, 1.54) is 38.5 Å². The van der Waals surface area contributed by atoms with Crippen LogP contribution >= 0.6 is 12.4 Å². The zero-order valence-corrected chi connectivity index (χ0v) is 16.7. The first-order chi connectivity index (χ1) is 12.3. The van der Waals surface area contributed by atoms with Crippen molar-refractivity contribution in [1.29, 1.82) is 0 Å². The molecule has 0 bridgehead atoms. The normalized spacial score (nSPS) is 13.9. The second-order valence-corrected chi connectivity index (χ2v) is 6.60. The van der Waals surface area contributed by atoms with Crippen molar-refractivity contribution in [3.05, 3.63) is 24.3 Å². The van der Waals surface area contributed by atoms with Gasteiger partial charge in [-0.1, -0.05) is 38.7 Å². The van der Waals surface area contributed by atoms with Crippen molar-refractivity contribution in [3.8, 4) is 5.75 Å². The molecule has 0 saturated carbocycles.